The standard InChI is InChI=1S/C27H48O21/c1-2-3-41-26-22(17(37)13(33)9(5-29)44-26)48-27-23(18(38)14(34)10(6-30)45-27)47-25-20(40)21(15(35)11(7-31)43-25)46-24-19(39)16(36)12(32)8(4-28)42-24/h8-40H,2-7H2,1H3/t8-,9-,10-,11-,12-,13-,14-,15-,16+,17+,18+,19-,20+,21+,22+,23+,24-,25-,26+,27-/m1/s1. The number of hydrogen-bond donors (Lipinski definition) is 13. The third-order valence-corrected chi connectivity index (χ3v) is 8.68. The molecule has 0 aromatic carbocycles. The molecule has 282 valence electrons. The van der Waals surface area contributed by atoms with Crippen molar-refractivity contribution < 1.29 is 104 Å². The Morgan fingerprint density at radius 2 is 0.771 bits per heavy atom. The van der Waals surface area contributed by atoms with Gasteiger partial charge in [-0.25, -0.2) is 0 Å². The van der Waals surface area contributed by atoms with Gasteiger partial charge < -0.3 is 104 Å². The Morgan fingerprint density at radius 1 is 0.396 bits per heavy atom. The first-order valence-electron chi connectivity index (χ1n) is 15.6. The molecule has 4 aliphatic heterocycles. The molecule has 20 atom stereocenters. The zero-order valence-electron chi connectivity index (χ0n) is 25.9. The van der Waals surface area contributed by atoms with Gasteiger partial charge in [-0.3, -0.25) is 0 Å². The average Bonchev–Trinajstić information content (AvgIpc) is 3.08. The summed E-state index contributed by atoms with van der Waals surface area (Å²) >= 11 is 0. The molecule has 21 heteroatoms. The fourth-order valence-electron chi connectivity index (χ4n) is 5.85. The van der Waals surface area contributed by atoms with Gasteiger partial charge in [0.25, 0.3) is 0 Å². The molecular weight excluding hydrogens is 660 g/mol. The molecule has 0 unspecified atom stereocenters. The summed E-state index contributed by atoms with van der Waals surface area (Å²) in [5.41, 5.74) is 0. The van der Waals surface area contributed by atoms with Crippen LogP contribution in [-0.4, -0.2) is 222 Å². The summed E-state index contributed by atoms with van der Waals surface area (Å²) < 4.78 is 44.8. The summed E-state index contributed by atoms with van der Waals surface area (Å²) in [6, 6.07) is 0. The van der Waals surface area contributed by atoms with Crippen molar-refractivity contribution in [2.45, 2.75) is 136 Å². The van der Waals surface area contributed by atoms with Crippen molar-refractivity contribution in [2.75, 3.05) is 33.0 Å². The van der Waals surface area contributed by atoms with E-state index in [9.17, 15) is 66.4 Å². The highest BCUT2D eigenvalue weighted by Crippen LogP contribution is 2.35. The summed E-state index contributed by atoms with van der Waals surface area (Å²) in [6.45, 7) is -1.38. The van der Waals surface area contributed by atoms with E-state index >= 15 is 0 Å². The van der Waals surface area contributed by atoms with E-state index in [4.69, 9.17) is 37.9 Å². The zero-order valence-corrected chi connectivity index (χ0v) is 25.9. The molecule has 0 radical (unpaired) electrons. The van der Waals surface area contributed by atoms with E-state index in [0.29, 0.717) is 6.42 Å². The molecule has 0 amide bonds. The van der Waals surface area contributed by atoms with Gasteiger partial charge in [-0.2, -0.15) is 0 Å². The maximum absolute atomic E-state index is 11.2. The summed E-state index contributed by atoms with van der Waals surface area (Å²) in [7, 11) is 0. The number of aliphatic hydroxyl groups excluding tert-OH is 13. The van der Waals surface area contributed by atoms with Crippen molar-refractivity contribution in [3.05, 3.63) is 0 Å². The number of ether oxygens (including phenoxy) is 8. The molecule has 0 spiro atoms. The minimum Gasteiger partial charge on any atom is -0.394 e. The van der Waals surface area contributed by atoms with Crippen molar-refractivity contribution in [3.63, 3.8) is 0 Å². The van der Waals surface area contributed by atoms with Gasteiger partial charge >= 0.3 is 0 Å². The maximum atomic E-state index is 11.2. The molecule has 4 saturated heterocycles. The minimum absolute atomic E-state index is 0.0837. The van der Waals surface area contributed by atoms with Crippen molar-refractivity contribution in [3.8, 4) is 0 Å². The Bertz CT molecular complexity index is 964. The number of hydrogen-bond acceptors (Lipinski definition) is 21. The summed E-state index contributed by atoms with van der Waals surface area (Å²) in [5.74, 6) is 0. The van der Waals surface area contributed by atoms with Crippen LogP contribution in [0.5, 0.6) is 0 Å². The Labute approximate surface area is 273 Å². The van der Waals surface area contributed by atoms with Crippen molar-refractivity contribution in [1.29, 1.82) is 0 Å². The highest BCUT2D eigenvalue weighted by molar-refractivity contribution is 4.97. The Hall–Kier alpha value is -0.840. The zero-order chi connectivity index (χ0) is 35.4. The quantitative estimate of drug-likeness (QED) is 0.0844. The SMILES string of the molecule is CCCO[C@H]1O[C@H](CO)[C@@H](O)[C@H](O)[C@@H]1O[C@H]1O[C@H](CO)[C@@H](O)[C@H](O)[C@@H]1O[C@H]1O[C@H](CO)[C@@H](O)[C@H](O[C@H]2O[C@H](CO)[C@@H](O)[C@H](O)[C@H]2O)[C@@H]1O. The van der Waals surface area contributed by atoms with E-state index in [-0.39, 0.29) is 6.61 Å². The van der Waals surface area contributed by atoms with E-state index in [1.165, 1.54) is 0 Å². The van der Waals surface area contributed by atoms with Crippen molar-refractivity contribution in [1.82, 2.24) is 0 Å². The van der Waals surface area contributed by atoms with E-state index < -0.39 is 149 Å². The first-order valence-corrected chi connectivity index (χ1v) is 15.6. The van der Waals surface area contributed by atoms with Crippen LogP contribution in [-0.2, 0) is 37.9 Å². The molecule has 4 rings (SSSR count). The van der Waals surface area contributed by atoms with E-state index in [2.05, 4.69) is 0 Å². The second kappa shape index (κ2) is 17.6. The van der Waals surface area contributed by atoms with E-state index in [0.717, 1.165) is 0 Å². The van der Waals surface area contributed by atoms with Crippen LogP contribution in [0, 0.1) is 0 Å². The van der Waals surface area contributed by atoms with Crippen molar-refractivity contribution in [2.24, 2.45) is 0 Å². The molecule has 0 saturated carbocycles. The normalized spacial score (nSPS) is 50.4. The highest BCUT2D eigenvalue weighted by atomic mass is 16.8. The number of aliphatic hydroxyl groups is 13. The van der Waals surface area contributed by atoms with Crippen LogP contribution in [0.15, 0.2) is 0 Å². The molecule has 21 nitrogen and oxygen atoms in total. The van der Waals surface area contributed by atoms with Crippen LogP contribution in [0.2, 0.25) is 0 Å². The second-order valence-corrected chi connectivity index (χ2v) is 12.0. The van der Waals surface area contributed by atoms with Gasteiger partial charge in [-0.15, -0.1) is 0 Å². The molecule has 0 bridgehead atoms. The van der Waals surface area contributed by atoms with Gasteiger partial charge in [-0.05, 0) is 6.42 Å². The van der Waals surface area contributed by atoms with Crippen molar-refractivity contribution >= 4 is 0 Å². The first-order chi connectivity index (χ1) is 22.8. The lowest BCUT2D eigenvalue weighted by Gasteiger charge is -2.49. The molecule has 13 N–H and O–H groups in total. The van der Waals surface area contributed by atoms with Gasteiger partial charge in [0, 0.05) is 6.61 Å². The van der Waals surface area contributed by atoms with Crippen LogP contribution in [0.3, 0.4) is 0 Å². The summed E-state index contributed by atoms with van der Waals surface area (Å²) in [6.07, 6.45) is -34.3. The molecule has 0 aliphatic carbocycles. The fourth-order valence-corrected chi connectivity index (χ4v) is 5.85. The van der Waals surface area contributed by atoms with Gasteiger partial charge in [0.2, 0.25) is 0 Å². The molecule has 0 aromatic rings. The Morgan fingerprint density at radius 3 is 1.27 bits per heavy atom. The predicted octanol–water partition coefficient (Wildman–Crippen LogP) is -8.31. The molecule has 4 aliphatic rings. The topological polar surface area (TPSA) is 337 Å². The second-order valence-electron chi connectivity index (χ2n) is 12.0. The smallest absolute Gasteiger partial charge is 0.187 e. The molecule has 48 heavy (non-hydrogen) atoms. The van der Waals surface area contributed by atoms with Crippen LogP contribution >= 0.6 is 0 Å². The van der Waals surface area contributed by atoms with E-state index in [1.807, 2.05) is 0 Å². The minimum atomic E-state index is -2.05. The van der Waals surface area contributed by atoms with Gasteiger partial charge in [0.15, 0.2) is 25.2 Å². The lowest BCUT2D eigenvalue weighted by Crippen LogP contribution is -2.68. The van der Waals surface area contributed by atoms with Crippen LogP contribution in [0.25, 0.3) is 0 Å². The molecule has 4 heterocycles. The van der Waals surface area contributed by atoms with Gasteiger partial charge in [0.05, 0.1) is 26.4 Å². The van der Waals surface area contributed by atoms with Gasteiger partial charge in [-0.1, -0.05) is 6.92 Å². The van der Waals surface area contributed by atoms with E-state index in [1.54, 1.807) is 6.92 Å². The van der Waals surface area contributed by atoms with Crippen LogP contribution in [0.4, 0.5) is 0 Å². The maximum Gasteiger partial charge on any atom is 0.187 e. The largest absolute Gasteiger partial charge is 0.394 e. The summed E-state index contributed by atoms with van der Waals surface area (Å²) in [4.78, 5) is 0. The van der Waals surface area contributed by atoms with Gasteiger partial charge in [0.1, 0.15) is 97.7 Å². The molecule has 4 fully saturated rings. The van der Waals surface area contributed by atoms with Crippen LogP contribution in [0.1, 0.15) is 13.3 Å². The Kier molecular flexibility index (Phi) is 14.6. The molecular formula is C27H48O21. The average molecular weight is 709 g/mol. The molecule has 0 aromatic heterocycles. The predicted molar refractivity (Wildman–Crippen MR) is 148 cm³/mol. The lowest BCUT2D eigenvalue weighted by molar-refractivity contribution is -0.401. The Balaban J connectivity index is 1.58. The number of rotatable bonds is 13. The summed E-state index contributed by atoms with van der Waals surface area (Å²) in [5, 5.41) is 135. The van der Waals surface area contributed by atoms with Crippen LogP contribution < -0.4 is 0 Å². The lowest BCUT2D eigenvalue weighted by atomic mass is 9.96. The monoisotopic (exact) mass is 708 g/mol. The fraction of sp³-hybridized carbons (Fsp3) is 1.00. The third kappa shape index (κ3) is 8.28. The highest BCUT2D eigenvalue weighted by Gasteiger charge is 2.55. The first kappa shape index (κ1) is 39.9. The third-order valence-electron chi connectivity index (χ3n) is 8.68.